The fraction of sp³-hybridized carbons (Fsp3) is 0.667. The summed E-state index contributed by atoms with van der Waals surface area (Å²) < 4.78 is 0. The van der Waals surface area contributed by atoms with Crippen LogP contribution in [0.25, 0.3) is 0 Å². The van der Waals surface area contributed by atoms with Gasteiger partial charge in [-0.3, -0.25) is 4.79 Å². The molecular weight excluding hydrogens is 208 g/mol. The highest BCUT2D eigenvalue weighted by molar-refractivity contribution is 5.88. The molecule has 1 aliphatic rings. The van der Waals surface area contributed by atoms with Crippen LogP contribution in [-0.4, -0.2) is 22.2 Å². The molecule has 0 aromatic carbocycles. The van der Waals surface area contributed by atoms with Crippen LogP contribution in [0.15, 0.2) is 11.1 Å². The van der Waals surface area contributed by atoms with Crippen LogP contribution in [0.3, 0.4) is 0 Å². The number of hydrogen-bond donors (Lipinski definition) is 2. The summed E-state index contributed by atoms with van der Waals surface area (Å²) in [7, 11) is 0. The minimum Gasteiger partial charge on any atom is -0.481 e. The van der Waals surface area contributed by atoms with Gasteiger partial charge in [0.15, 0.2) is 0 Å². The Balaban J connectivity index is 3.11. The molecule has 0 bridgehead atoms. The van der Waals surface area contributed by atoms with E-state index in [1.807, 2.05) is 13.8 Å². The Morgan fingerprint density at radius 1 is 1.31 bits per heavy atom. The molecule has 1 rings (SSSR count). The normalized spacial score (nSPS) is 25.6. The van der Waals surface area contributed by atoms with Crippen LogP contribution >= 0.6 is 0 Å². The van der Waals surface area contributed by atoms with Crippen molar-refractivity contribution in [3.8, 4) is 0 Å². The molecule has 2 unspecified atom stereocenters. The van der Waals surface area contributed by atoms with E-state index >= 15 is 0 Å². The average Bonchev–Trinajstić information content (AvgIpc) is 2.26. The minimum absolute atomic E-state index is 0.109. The maximum Gasteiger partial charge on any atom is 0.331 e. The number of aliphatic carboxylic acids is 2. The molecule has 0 radical (unpaired) electrons. The number of hydrogen-bond acceptors (Lipinski definition) is 2. The van der Waals surface area contributed by atoms with Crippen LogP contribution in [0.4, 0.5) is 0 Å². The molecule has 0 aromatic heterocycles. The molecule has 0 heterocycles. The predicted octanol–water partition coefficient (Wildman–Crippen LogP) is 2.30. The van der Waals surface area contributed by atoms with Crippen LogP contribution in [-0.2, 0) is 9.59 Å². The van der Waals surface area contributed by atoms with Gasteiger partial charge in [-0.05, 0) is 31.6 Å². The molecule has 1 aliphatic carbocycles. The number of carboxylic acids is 2. The van der Waals surface area contributed by atoms with Crippen molar-refractivity contribution in [2.75, 3.05) is 0 Å². The molecule has 0 aromatic rings. The van der Waals surface area contributed by atoms with Gasteiger partial charge in [0.05, 0.1) is 5.92 Å². The fourth-order valence-electron chi connectivity index (χ4n) is 2.67. The van der Waals surface area contributed by atoms with Gasteiger partial charge in [0.1, 0.15) is 0 Å². The number of carbonyl (C=O) groups is 2. The lowest BCUT2D eigenvalue weighted by Crippen LogP contribution is -2.30. The highest BCUT2D eigenvalue weighted by atomic mass is 16.4. The molecule has 16 heavy (non-hydrogen) atoms. The van der Waals surface area contributed by atoms with E-state index in [0.29, 0.717) is 31.3 Å². The molecule has 2 atom stereocenters. The van der Waals surface area contributed by atoms with E-state index in [-0.39, 0.29) is 5.92 Å². The third kappa shape index (κ3) is 2.26. The fourth-order valence-corrected chi connectivity index (χ4v) is 2.67. The molecule has 0 saturated heterocycles. The second-order valence-corrected chi connectivity index (χ2v) is 4.16. The molecule has 0 spiro atoms. The second-order valence-electron chi connectivity index (χ2n) is 4.16. The lowest BCUT2D eigenvalue weighted by molar-refractivity contribution is -0.144. The molecule has 2 N–H and O–H groups in total. The average molecular weight is 226 g/mol. The SMILES string of the molecule is CCC1=C(C(=O)O)CCC(C(=O)O)C1CC. The van der Waals surface area contributed by atoms with Crippen LogP contribution in [0, 0.1) is 11.8 Å². The Morgan fingerprint density at radius 3 is 2.31 bits per heavy atom. The predicted molar refractivity (Wildman–Crippen MR) is 59.1 cm³/mol. The van der Waals surface area contributed by atoms with Gasteiger partial charge >= 0.3 is 11.9 Å². The van der Waals surface area contributed by atoms with Gasteiger partial charge < -0.3 is 10.2 Å². The Kier molecular flexibility index (Phi) is 4.10. The van der Waals surface area contributed by atoms with Crippen LogP contribution in [0.2, 0.25) is 0 Å². The van der Waals surface area contributed by atoms with Gasteiger partial charge in [-0.1, -0.05) is 19.4 Å². The largest absolute Gasteiger partial charge is 0.481 e. The summed E-state index contributed by atoms with van der Waals surface area (Å²) in [6.45, 7) is 3.81. The van der Waals surface area contributed by atoms with Gasteiger partial charge in [-0.15, -0.1) is 0 Å². The first-order chi connectivity index (χ1) is 7.52. The van der Waals surface area contributed by atoms with Crippen molar-refractivity contribution in [3.05, 3.63) is 11.1 Å². The minimum atomic E-state index is -0.890. The maximum absolute atomic E-state index is 11.1. The van der Waals surface area contributed by atoms with Crippen molar-refractivity contribution in [2.24, 2.45) is 11.8 Å². The second kappa shape index (κ2) is 5.14. The van der Waals surface area contributed by atoms with Crippen LogP contribution < -0.4 is 0 Å². The third-order valence-electron chi connectivity index (χ3n) is 3.42. The smallest absolute Gasteiger partial charge is 0.331 e. The molecule has 0 fully saturated rings. The number of rotatable bonds is 4. The van der Waals surface area contributed by atoms with E-state index < -0.39 is 17.9 Å². The van der Waals surface area contributed by atoms with E-state index in [2.05, 4.69) is 0 Å². The summed E-state index contributed by atoms with van der Waals surface area (Å²) >= 11 is 0. The summed E-state index contributed by atoms with van der Waals surface area (Å²) in [4.78, 5) is 22.1. The third-order valence-corrected chi connectivity index (χ3v) is 3.42. The Bertz CT molecular complexity index is 330. The zero-order valence-electron chi connectivity index (χ0n) is 9.69. The summed E-state index contributed by atoms with van der Waals surface area (Å²) in [5.41, 5.74) is 1.26. The van der Waals surface area contributed by atoms with E-state index in [1.165, 1.54) is 0 Å². The molecular formula is C12H18O4. The van der Waals surface area contributed by atoms with Gasteiger partial charge in [-0.25, -0.2) is 4.79 Å². The lowest BCUT2D eigenvalue weighted by Gasteiger charge is -2.31. The first-order valence-electron chi connectivity index (χ1n) is 5.70. The highest BCUT2D eigenvalue weighted by Crippen LogP contribution is 2.38. The molecule has 4 heteroatoms. The highest BCUT2D eigenvalue weighted by Gasteiger charge is 2.35. The Morgan fingerprint density at radius 2 is 1.94 bits per heavy atom. The van der Waals surface area contributed by atoms with Crippen molar-refractivity contribution >= 4 is 11.9 Å². The topological polar surface area (TPSA) is 74.6 Å². The molecule has 4 nitrogen and oxygen atoms in total. The van der Waals surface area contributed by atoms with E-state index in [9.17, 15) is 9.59 Å². The number of allylic oxidation sites excluding steroid dienone is 1. The van der Waals surface area contributed by atoms with Gasteiger partial charge in [0.2, 0.25) is 0 Å². The summed E-state index contributed by atoms with van der Waals surface area (Å²) in [5, 5.41) is 18.2. The Hall–Kier alpha value is -1.32. The van der Waals surface area contributed by atoms with Gasteiger partial charge in [-0.2, -0.15) is 0 Å². The molecule has 0 amide bonds. The lowest BCUT2D eigenvalue weighted by atomic mass is 9.73. The van der Waals surface area contributed by atoms with Crippen molar-refractivity contribution in [1.82, 2.24) is 0 Å². The molecule has 0 aliphatic heterocycles. The van der Waals surface area contributed by atoms with Crippen LogP contribution in [0.1, 0.15) is 39.5 Å². The van der Waals surface area contributed by atoms with E-state index in [1.54, 1.807) is 0 Å². The van der Waals surface area contributed by atoms with Crippen molar-refractivity contribution in [2.45, 2.75) is 39.5 Å². The zero-order chi connectivity index (χ0) is 12.3. The van der Waals surface area contributed by atoms with Crippen LogP contribution in [0.5, 0.6) is 0 Å². The molecule has 0 saturated carbocycles. The standard InChI is InChI=1S/C12H18O4/c1-3-7-8(4-2)10(12(15)16)6-5-9(7)11(13)14/h7,9H,3-6H2,1-2H3,(H,13,14)(H,15,16). The first-order valence-corrected chi connectivity index (χ1v) is 5.70. The number of carboxylic acid groups (broad SMARTS) is 2. The maximum atomic E-state index is 11.1. The summed E-state index contributed by atoms with van der Waals surface area (Å²) in [6, 6.07) is 0. The Labute approximate surface area is 95.0 Å². The van der Waals surface area contributed by atoms with E-state index in [0.717, 1.165) is 5.57 Å². The van der Waals surface area contributed by atoms with Gasteiger partial charge in [0, 0.05) is 5.57 Å². The van der Waals surface area contributed by atoms with Crippen molar-refractivity contribution in [1.29, 1.82) is 0 Å². The van der Waals surface area contributed by atoms with Crippen molar-refractivity contribution < 1.29 is 19.8 Å². The zero-order valence-corrected chi connectivity index (χ0v) is 9.69. The summed E-state index contributed by atoms with van der Waals surface area (Å²) in [6.07, 6.45) is 2.14. The monoisotopic (exact) mass is 226 g/mol. The van der Waals surface area contributed by atoms with E-state index in [4.69, 9.17) is 10.2 Å². The summed E-state index contributed by atoms with van der Waals surface area (Å²) in [5.74, 6) is -2.22. The first kappa shape index (κ1) is 12.7. The quantitative estimate of drug-likeness (QED) is 0.771. The molecule has 90 valence electrons. The van der Waals surface area contributed by atoms with Crippen molar-refractivity contribution in [3.63, 3.8) is 0 Å². The van der Waals surface area contributed by atoms with Gasteiger partial charge in [0.25, 0.3) is 0 Å².